The Morgan fingerprint density at radius 3 is 2.64 bits per heavy atom. The number of hydrogen-bond acceptors (Lipinski definition) is 5. The fraction of sp³-hybridized carbons (Fsp3) is 0.316. The van der Waals surface area contributed by atoms with Crippen molar-refractivity contribution >= 4 is 17.0 Å². The number of carbonyl (C=O) groups excluding carboxylic acids is 1. The SMILES string of the molecule is CNC(C)CNC(=O)c1cc(-c2ccc(C)cc2)nc2onc(C)c12. The molecular formula is C19H22N4O2. The van der Waals surface area contributed by atoms with Crippen molar-refractivity contribution < 1.29 is 9.32 Å². The predicted molar refractivity (Wildman–Crippen MR) is 97.6 cm³/mol. The van der Waals surface area contributed by atoms with E-state index in [0.717, 1.165) is 5.56 Å². The molecule has 0 spiro atoms. The van der Waals surface area contributed by atoms with Crippen LogP contribution in [0.1, 0.15) is 28.5 Å². The normalized spacial score (nSPS) is 12.3. The van der Waals surface area contributed by atoms with E-state index in [1.165, 1.54) is 5.56 Å². The lowest BCUT2D eigenvalue weighted by Gasteiger charge is -2.12. The number of aryl methyl sites for hydroxylation is 2. The summed E-state index contributed by atoms with van der Waals surface area (Å²) in [6.07, 6.45) is 0. The molecule has 0 aliphatic carbocycles. The molecule has 0 fully saturated rings. The quantitative estimate of drug-likeness (QED) is 0.748. The Kier molecular flexibility index (Phi) is 4.81. The van der Waals surface area contributed by atoms with Gasteiger partial charge in [0.1, 0.15) is 0 Å². The second-order valence-electron chi connectivity index (χ2n) is 6.27. The van der Waals surface area contributed by atoms with Crippen molar-refractivity contribution in [2.45, 2.75) is 26.8 Å². The van der Waals surface area contributed by atoms with Crippen LogP contribution in [0.15, 0.2) is 34.9 Å². The molecule has 2 N–H and O–H groups in total. The Bertz CT molecular complexity index is 900. The Morgan fingerprint density at radius 1 is 1.24 bits per heavy atom. The van der Waals surface area contributed by atoms with Crippen molar-refractivity contribution in [3.05, 3.63) is 47.2 Å². The van der Waals surface area contributed by atoms with E-state index in [-0.39, 0.29) is 11.9 Å². The summed E-state index contributed by atoms with van der Waals surface area (Å²) < 4.78 is 5.32. The Hall–Kier alpha value is -2.73. The molecule has 6 nitrogen and oxygen atoms in total. The van der Waals surface area contributed by atoms with Crippen molar-refractivity contribution in [3.8, 4) is 11.3 Å². The highest BCUT2D eigenvalue weighted by molar-refractivity contribution is 6.07. The summed E-state index contributed by atoms with van der Waals surface area (Å²) in [5.74, 6) is -0.158. The van der Waals surface area contributed by atoms with Crippen molar-refractivity contribution in [1.29, 1.82) is 0 Å². The van der Waals surface area contributed by atoms with Crippen LogP contribution in [0.4, 0.5) is 0 Å². The molecule has 2 heterocycles. The Balaban J connectivity index is 2.04. The van der Waals surface area contributed by atoms with E-state index < -0.39 is 0 Å². The maximum Gasteiger partial charge on any atom is 0.259 e. The lowest BCUT2D eigenvalue weighted by atomic mass is 10.0. The van der Waals surface area contributed by atoms with Gasteiger partial charge in [0.05, 0.1) is 22.3 Å². The van der Waals surface area contributed by atoms with Crippen LogP contribution in [0.25, 0.3) is 22.4 Å². The molecule has 25 heavy (non-hydrogen) atoms. The third kappa shape index (κ3) is 3.53. The van der Waals surface area contributed by atoms with Gasteiger partial charge in [-0.2, -0.15) is 0 Å². The maximum absolute atomic E-state index is 12.7. The molecule has 0 radical (unpaired) electrons. The van der Waals surface area contributed by atoms with Gasteiger partial charge in [-0.05, 0) is 33.9 Å². The smallest absolute Gasteiger partial charge is 0.259 e. The van der Waals surface area contributed by atoms with E-state index in [0.29, 0.717) is 34.6 Å². The molecule has 1 unspecified atom stereocenters. The van der Waals surface area contributed by atoms with Crippen LogP contribution < -0.4 is 10.6 Å². The number of hydrogen-bond donors (Lipinski definition) is 2. The van der Waals surface area contributed by atoms with E-state index in [1.54, 1.807) is 6.07 Å². The largest absolute Gasteiger partial charge is 0.350 e. The number of pyridine rings is 1. The highest BCUT2D eigenvalue weighted by Crippen LogP contribution is 2.27. The maximum atomic E-state index is 12.7. The van der Waals surface area contributed by atoms with Crippen LogP contribution in [0.2, 0.25) is 0 Å². The summed E-state index contributed by atoms with van der Waals surface area (Å²) in [6, 6.07) is 9.98. The topological polar surface area (TPSA) is 80.0 Å². The number of benzene rings is 1. The lowest BCUT2D eigenvalue weighted by molar-refractivity contribution is 0.0952. The number of nitrogens with zero attached hydrogens (tertiary/aromatic N) is 2. The molecule has 3 rings (SSSR count). The highest BCUT2D eigenvalue weighted by Gasteiger charge is 2.19. The van der Waals surface area contributed by atoms with Gasteiger partial charge in [-0.25, -0.2) is 4.98 Å². The van der Waals surface area contributed by atoms with Crippen LogP contribution >= 0.6 is 0 Å². The Morgan fingerprint density at radius 2 is 1.96 bits per heavy atom. The number of fused-ring (bicyclic) bond motifs is 1. The zero-order valence-corrected chi connectivity index (χ0v) is 14.9. The molecule has 0 bridgehead atoms. The molecule has 1 atom stereocenters. The van der Waals surface area contributed by atoms with E-state index in [1.807, 2.05) is 52.1 Å². The predicted octanol–water partition coefficient (Wildman–Crippen LogP) is 2.84. The van der Waals surface area contributed by atoms with E-state index in [2.05, 4.69) is 20.8 Å². The molecule has 130 valence electrons. The third-order valence-corrected chi connectivity index (χ3v) is 4.27. The first kappa shape index (κ1) is 17.1. The number of amides is 1. The number of nitrogens with one attached hydrogen (secondary N) is 2. The zero-order valence-electron chi connectivity index (χ0n) is 14.9. The summed E-state index contributed by atoms with van der Waals surface area (Å²) in [5, 5.41) is 10.7. The van der Waals surface area contributed by atoms with Crippen LogP contribution in [0.5, 0.6) is 0 Å². The minimum absolute atomic E-state index is 0.158. The van der Waals surface area contributed by atoms with Gasteiger partial charge in [0, 0.05) is 18.2 Å². The second-order valence-corrected chi connectivity index (χ2v) is 6.27. The standard InChI is InChI=1S/C19H22N4O2/c1-11-5-7-14(8-6-11)16-9-15(18(24)21-10-12(2)20-4)17-13(3)23-25-19(17)22-16/h5-9,12,20H,10H2,1-4H3,(H,21,24). The molecule has 0 saturated heterocycles. The average Bonchev–Trinajstić information content (AvgIpc) is 3.00. The number of carbonyl (C=O) groups is 1. The van der Waals surface area contributed by atoms with Crippen LogP contribution in [-0.4, -0.2) is 35.7 Å². The van der Waals surface area contributed by atoms with Crippen molar-refractivity contribution in [1.82, 2.24) is 20.8 Å². The zero-order chi connectivity index (χ0) is 18.0. The van der Waals surface area contributed by atoms with Crippen LogP contribution in [0.3, 0.4) is 0 Å². The van der Waals surface area contributed by atoms with E-state index >= 15 is 0 Å². The second kappa shape index (κ2) is 7.03. The van der Waals surface area contributed by atoms with Gasteiger partial charge in [-0.1, -0.05) is 35.0 Å². The number of aromatic nitrogens is 2. The molecule has 3 aromatic rings. The third-order valence-electron chi connectivity index (χ3n) is 4.27. The molecule has 6 heteroatoms. The summed E-state index contributed by atoms with van der Waals surface area (Å²) in [6.45, 7) is 6.38. The van der Waals surface area contributed by atoms with E-state index in [4.69, 9.17) is 4.52 Å². The van der Waals surface area contributed by atoms with Gasteiger partial charge in [0.2, 0.25) is 0 Å². The van der Waals surface area contributed by atoms with Gasteiger partial charge >= 0.3 is 0 Å². The molecule has 0 saturated carbocycles. The van der Waals surface area contributed by atoms with Gasteiger partial charge in [0.25, 0.3) is 11.6 Å². The monoisotopic (exact) mass is 338 g/mol. The van der Waals surface area contributed by atoms with Crippen molar-refractivity contribution in [2.24, 2.45) is 0 Å². The highest BCUT2D eigenvalue weighted by atomic mass is 16.5. The van der Waals surface area contributed by atoms with E-state index in [9.17, 15) is 4.79 Å². The van der Waals surface area contributed by atoms with Crippen LogP contribution in [0, 0.1) is 13.8 Å². The molecule has 0 aliphatic rings. The van der Waals surface area contributed by atoms with Gasteiger partial charge < -0.3 is 15.2 Å². The minimum atomic E-state index is -0.158. The molecule has 1 amide bonds. The lowest BCUT2D eigenvalue weighted by Crippen LogP contribution is -2.37. The van der Waals surface area contributed by atoms with Crippen molar-refractivity contribution in [2.75, 3.05) is 13.6 Å². The van der Waals surface area contributed by atoms with Gasteiger partial charge in [-0.3, -0.25) is 4.79 Å². The van der Waals surface area contributed by atoms with Crippen molar-refractivity contribution in [3.63, 3.8) is 0 Å². The average molecular weight is 338 g/mol. The first-order valence-corrected chi connectivity index (χ1v) is 8.29. The number of likely N-dealkylation sites (N-methyl/N-ethyl adjacent to an activating group) is 1. The first-order valence-electron chi connectivity index (χ1n) is 8.29. The fourth-order valence-electron chi connectivity index (χ4n) is 2.59. The summed E-state index contributed by atoms with van der Waals surface area (Å²) in [7, 11) is 1.86. The molecular weight excluding hydrogens is 316 g/mol. The first-order chi connectivity index (χ1) is 12.0. The van der Waals surface area contributed by atoms with Gasteiger partial charge in [-0.15, -0.1) is 0 Å². The van der Waals surface area contributed by atoms with Crippen LogP contribution in [-0.2, 0) is 0 Å². The summed E-state index contributed by atoms with van der Waals surface area (Å²) >= 11 is 0. The van der Waals surface area contributed by atoms with Gasteiger partial charge in [0.15, 0.2) is 0 Å². The molecule has 1 aromatic carbocycles. The summed E-state index contributed by atoms with van der Waals surface area (Å²) in [4.78, 5) is 17.3. The molecule has 2 aromatic heterocycles. The minimum Gasteiger partial charge on any atom is -0.350 e. The number of rotatable bonds is 5. The summed E-state index contributed by atoms with van der Waals surface area (Å²) in [5.41, 5.74) is 4.35. The Labute approximate surface area is 146 Å². The molecule has 0 aliphatic heterocycles. The fourth-order valence-corrected chi connectivity index (χ4v) is 2.59.